The van der Waals surface area contributed by atoms with Gasteiger partial charge in [0, 0.05) is 12.6 Å². The van der Waals surface area contributed by atoms with E-state index in [1.54, 1.807) is 0 Å². The van der Waals surface area contributed by atoms with E-state index in [1.807, 2.05) is 20.8 Å². The maximum atomic E-state index is 11.1. The minimum Gasteiger partial charge on any atom is -0.447 e. The largest absolute Gasteiger partial charge is 0.447 e. The lowest BCUT2D eigenvalue weighted by molar-refractivity contribution is -0.136. The molecule has 0 heterocycles. The highest BCUT2D eigenvalue weighted by Gasteiger charge is 2.05. The Bertz CT molecular complexity index is 197. The molecule has 102 valence electrons. The number of hydrogen-bond acceptors (Lipinski definition) is 4. The smallest absolute Gasteiger partial charge is 0.407 e. The summed E-state index contributed by atoms with van der Waals surface area (Å²) in [6, 6.07) is 0.0831. The van der Waals surface area contributed by atoms with E-state index in [0.29, 0.717) is 13.2 Å². The summed E-state index contributed by atoms with van der Waals surface area (Å²) < 4.78 is 15.6. The summed E-state index contributed by atoms with van der Waals surface area (Å²) >= 11 is 0. The van der Waals surface area contributed by atoms with E-state index < -0.39 is 6.09 Å². The molecule has 0 bridgehead atoms. The van der Waals surface area contributed by atoms with Crippen molar-refractivity contribution >= 4 is 6.09 Å². The second-order valence-corrected chi connectivity index (χ2v) is 4.10. The predicted octanol–water partition coefficient (Wildman–Crippen LogP) is 2.30. The molecule has 0 spiro atoms. The lowest BCUT2D eigenvalue weighted by Gasteiger charge is -2.14. The lowest BCUT2D eigenvalue weighted by atomic mass is 10.4. The molecule has 0 radical (unpaired) electrons. The van der Waals surface area contributed by atoms with Crippen LogP contribution in [0.4, 0.5) is 4.79 Å². The highest BCUT2D eigenvalue weighted by atomic mass is 16.7. The van der Waals surface area contributed by atoms with Crippen LogP contribution in [0, 0.1) is 0 Å². The molecule has 1 amide bonds. The number of rotatable bonds is 9. The van der Waals surface area contributed by atoms with Crippen LogP contribution >= 0.6 is 0 Å². The van der Waals surface area contributed by atoms with Crippen molar-refractivity contribution in [2.45, 2.75) is 52.9 Å². The van der Waals surface area contributed by atoms with Crippen molar-refractivity contribution in [1.29, 1.82) is 0 Å². The molecule has 0 aliphatic rings. The number of carbonyl (C=O) groups excluding carboxylic acids is 1. The number of alkyl carbamates (subject to hydrolysis) is 1. The van der Waals surface area contributed by atoms with Gasteiger partial charge >= 0.3 is 6.09 Å². The molecular weight excluding hydrogens is 222 g/mol. The lowest BCUT2D eigenvalue weighted by Crippen LogP contribution is -2.31. The van der Waals surface area contributed by atoms with E-state index in [1.165, 1.54) is 0 Å². The molecule has 0 fully saturated rings. The topological polar surface area (TPSA) is 56.8 Å². The summed E-state index contributed by atoms with van der Waals surface area (Å²) in [5.41, 5.74) is 0. The summed E-state index contributed by atoms with van der Waals surface area (Å²) in [5, 5.41) is 2.62. The first-order valence-corrected chi connectivity index (χ1v) is 6.22. The van der Waals surface area contributed by atoms with E-state index in [9.17, 15) is 4.79 Å². The molecule has 0 saturated heterocycles. The van der Waals surface area contributed by atoms with E-state index in [0.717, 1.165) is 12.8 Å². The third-order valence-corrected chi connectivity index (χ3v) is 1.93. The first kappa shape index (κ1) is 16.2. The average Bonchev–Trinajstić information content (AvgIpc) is 2.24. The van der Waals surface area contributed by atoms with E-state index >= 15 is 0 Å². The second-order valence-electron chi connectivity index (χ2n) is 4.10. The summed E-state index contributed by atoms with van der Waals surface area (Å²) in [6.45, 7) is 8.98. The summed E-state index contributed by atoms with van der Waals surface area (Å²) in [4.78, 5) is 11.1. The number of ether oxygens (including phenoxy) is 3. The zero-order valence-corrected chi connectivity index (χ0v) is 11.3. The Morgan fingerprint density at radius 2 is 1.76 bits per heavy atom. The van der Waals surface area contributed by atoms with Crippen molar-refractivity contribution in [1.82, 2.24) is 5.32 Å². The highest BCUT2D eigenvalue weighted by molar-refractivity contribution is 5.67. The molecule has 0 saturated carbocycles. The molecule has 5 heteroatoms. The highest BCUT2D eigenvalue weighted by Crippen LogP contribution is 1.96. The maximum Gasteiger partial charge on any atom is 0.407 e. The molecule has 1 unspecified atom stereocenters. The summed E-state index contributed by atoms with van der Waals surface area (Å²) in [5.74, 6) is 0. The quantitative estimate of drug-likeness (QED) is 0.502. The molecule has 0 aromatic carbocycles. The van der Waals surface area contributed by atoms with Crippen molar-refractivity contribution in [2.75, 3.05) is 19.8 Å². The van der Waals surface area contributed by atoms with E-state index in [2.05, 4.69) is 12.2 Å². The zero-order chi connectivity index (χ0) is 13.1. The average molecular weight is 247 g/mol. The molecule has 0 aromatic heterocycles. The van der Waals surface area contributed by atoms with Crippen LogP contribution < -0.4 is 5.32 Å². The van der Waals surface area contributed by atoms with E-state index in [-0.39, 0.29) is 18.9 Å². The van der Waals surface area contributed by atoms with Crippen LogP contribution in [-0.4, -0.2) is 38.2 Å². The van der Waals surface area contributed by atoms with Gasteiger partial charge in [-0.3, -0.25) is 0 Å². The van der Waals surface area contributed by atoms with Crippen molar-refractivity contribution < 1.29 is 19.0 Å². The number of unbranched alkanes of at least 4 members (excludes halogenated alkanes) is 1. The number of nitrogens with one attached hydrogen (secondary N) is 1. The van der Waals surface area contributed by atoms with Gasteiger partial charge in [0.05, 0.1) is 6.61 Å². The van der Waals surface area contributed by atoms with Crippen molar-refractivity contribution in [3.63, 3.8) is 0 Å². The first-order chi connectivity index (χ1) is 8.06. The predicted molar refractivity (Wildman–Crippen MR) is 65.9 cm³/mol. The summed E-state index contributed by atoms with van der Waals surface area (Å²) in [7, 11) is 0. The minimum atomic E-state index is -0.414. The molecule has 0 aliphatic carbocycles. The van der Waals surface area contributed by atoms with Crippen LogP contribution in [0.25, 0.3) is 0 Å². The van der Waals surface area contributed by atoms with Gasteiger partial charge in [-0.25, -0.2) is 4.79 Å². The Labute approximate surface area is 104 Å². The molecular formula is C12H25NO4. The Kier molecular flexibility index (Phi) is 9.86. The van der Waals surface area contributed by atoms with Gasteiger partial charge in [0.1, 0.15) is 6.61 Å². The SMILES string of the molecule is CCCCOC(C)OCCOC(=O)NC(C)C. The Morgan fingerprint density at radius 1 is 1.12 bits per heavy atom. The van der Waals surface area contributed by atoms with Crippen LogP contribution in [0.2, 0.25) is 0 Å². The van der Waals surface area contributed by atoms with Gasteiger partial charge < -0.3 is 19.5 Å². The standard InChI is InChI=1S/C12H25NO4/c1-5-6-7-15-11(4)16-8-9-17-12(14)13-10(2)3/h10-11H,5-9H2,1-4H3,(H,13,14). The van der Waals surface area contributed by atoms with Gasteiger partial charge in [-0.1, -0.05) is 13.3 Å². The number of hydrogen-bond donors (Lipinski definition) is 1. The number of carbonyl (C=O) groups is 1. The van der Waals surface area contributed by atoms with Gasteiger partial charge in [0.15, 0.2) is 6.29 Å². The fourth-order valence-corrected chi connectivity index (χ4v) is 1.07. The zero-order valence-electron chi connectivity index (χ0n) is 11.3. The van der Waals surface area contributed by atoms with Gasteiger partial charge in [-0.05, 0) is 27.2 Å². The monoisotopic (exact) mass is 247 g/mol. The normalized spacial score (nSPS) is 12.5. The Balaban J connectivity index is 3.35. The van der Waals surface area contributed by atoms with Crippen LogP contribution in [0.3, 0.4) is 0 Å². The van der Waals surface area contributed by atoms with Crippen LogP contribution in [0.5, 0.6) is 0 Å². The Morgan fingerprint density at radius 3 is 2.35 bits per heavy atom. The first-order valence-electron chi connectivity index (χ1n) is 6.22. The molecule has 5 nitrogen and oxygen atoms in total. The maximum absolute atomic E-state index is 11.1. The molecule has 0 rings (SSSR count). The molecule has 17 heavy (non-hydrogen) atoms. The van der Waals surface area contributed by atoms with Crippen molar-refractivity contribution in [3.8, 4) is 0 Å². The van der Waals surface area contributed by atoms with Gasteiger partial charge in [0.2, 0.25) is 0 Å². The molecule has 1 N–H and O–H groups in total. The van der Waals surface area contributed by atoms with Crippen molar-refractivity contribution in [2.24, 2.45) is 0 Å². The van der Waals surface area contributed by atoms with Crippen LogP contribution in [0.1, 0.15) is 40.5 Å². The second kappa shape index (κ2) is 10.4. The third kappa shape index (κ3) is 11.5. The van der Waals surface area contributed by atoms with Gasteiger partial charge in [-0.2, -0.15) is 0 Å². The Hall–Kier alpha value is -0.810. The third-order valence-electron chi connectivity index (χ3n) is 1.93. The minimum absolute atomic E-state index is 0.0831. The molecule has 0 aliphatic heterocycles. The fraction of sp³-hybridized carbons (Fsp3) is 0.917. The van der Waals surface area contributed by atoms with E-state index in [4.69, 9.17) is 14.2 Å². The molecule has 0 aromatic rings. The van der Waals surface area contributed by atoms with Crippen molar-refractivity contribution in [3.05, 3.63) is 0 Å². The summed E-state index contributed by atoms with van der Waals surface area (Å²) in [6.07, 6.45) is 1.47. The number of amides is 1. The van der Waals surface area contributed by atoms with Gasteiger partial charge in [0.25, 0.3) is 0 Å². The van der Waals surface area contributed by atoms with Crippen LogP contribution in [-0.2, 0) is 14.2 Å². The van der Waals surface area contributed by atoms with Gasteiger partial charge in [-0.15, -0.1) is 0 Å². The van der Waals surface area contributed by atoms with Crippen LogP contribution in [0.15, 0.2) is 0 Å². The fourth-order valence-electron chi connectivity index (χ4n) is 1.07. The molecule has 1 atom stereocenters.